The van der Waals surface area contributed by atoms with E-state index in [0.717, 1.165) is 20.8 Å². The van der Waals surface area contributed by atoms with Gasteiger partial charge in [-0.1, -0.05) is 19.9 Å². The third-order valence-electron chi connectivity index (χ3n) is 8.61. The molecule has 228 valence electrons. The van der Waals surface area contributed by atoms with Crippen LogP contribution in [-0.2, 0) is 47.7 Å². The molecule has 0 unspecified atom stereocenters. The first-order chi connectivity index (χ1) is 18.9. The molecule has 3 aliphatic rings. The van der Waals surface area contributed by atoms with E-state index in [2.05, 4.69) is 0 Å². The first-order valence-corrected chi connectivity index (χ1v) is 13.6. The number of aliphatic hydroxyl groups is 2. The van der Waals surface area contributed by atoms with E-state index < -0.39 is 89.3 Å². The van der Waals surface area contributed by atoms with Gasteiger partial charge >= 0.3 is 29.8 Å². The zero-order chi connectivity index (χ0) is 31.2. The molecule has 2 N–H and O–H groups in total. The fraction of sp³-hybridized carbons (Fsp3) is 0.690. The summed E-state index contributed by atoms with van der Waals surface area (Å²) < 4.78 is 28.6. The molecule has 0 amide bonds. The monoisotopic (exact) mass is 580 g/mol. The van der Waals surface area contributed by atoms with E-state index in [1.165, 1.54) is 26.8 Å². The summed E-state index contributed by atoms with van der Waals surface area (Å²) in [5.74, 6) is -5.85. The molecule has 1 aliphatic heterocycles. The van der Waals surface area contributed by atoms with Crippen molar-refractivity contribution >= 4 is 29.8 Å². The van der Waals surface area contributed by atoms with E-state index in [4.69, 9.17) is 23.7 Å². The molecular formula is C29H40O12. The van der Waals surface area contributed by atoms with Crippen molar-refractivity contribution in [2.24, 2.45) is 11.8 Å². The van der Waals surface area contributed by atoms with E-state index in [9.17, 15) is 34.2 Å². The van der Waals surface area contributed by atoms with Gasteiger partial charge in [0.15, 0.2) is 29.5 Å². The van der Waals surface area contributed by atoms with Gasteiger partial charge < -0.3 is 33.9 Å². The summed E-state index contributed by atoms with van der Waals surface area (Å²) in [6.45, 7) is 12.9. The third-order valence-corrected chi connectivity index (χ3v) is 8.61. The van der Waals surface area contributed by atoms with E-state index in [1.54, 1.807) is 20.8 Å². The lowest BCUT2D eigenvalue weighted by atomic mass is 9.75. The second-order valence-corrected chi connectivity index (χ2v) is 11.5. The van der Waals surface area contributed by atoms with Crippen LogP contribution in [0.1, 0.15) is 75.2 Å². The minimum absolute atomic E-state index is 0.117. The van der Waals surface area contributed by atoms with Gasteiger partial charge in [-0.15, -0.1) is 0 Å². The Balaban J connectivity index is 2.34. The second kappa shape index (κ2) is 11.2. The van der Waals surface area contributed by atoms with Crippen molar-refractivity contribution in [3.63, 3.8) is 0 Å². The standard InChI is InChI=1S/C29H40O12/c1-10-13(3)24(32)38-18-12-27(8,41-17(7)31)20-19(23-29(18,36)28(9,35)26(34)40-23)15(5)21(22(20)37-16(6)30)39-25(33)14(4)11-2/h11,13,18,20-23,35-36H,10,12H2,1-9H3/b14-11-/t13-,18-,20+,21-,22+,23-,27-,28+,29+/m0/s1. The molecule has 9 atom stereocenters. The van der Waals surface area contributed by atoms with E-state index in [1.807, 2.05) is 0 Å². The number of hydrogen-bond donors (Lipinski definition) is 2. The lowest BCUT2D eigenvalue weighted by Crippen LogP contribution is -2.64. The van der Waals surface area contributed by atoms with Crippen LogP contribution in [-0.4, -0.2) is 81.3 Å². The summed E-state index contributed by atoms with van der Waals surface area (Å²) in [6, 6.07) is 0. The van der Waals surface area contributed by atoms with Gasteiger partial charge in [0, 0.05) is 25.8 Å². The summed E-state index contributed by atoms with van der Waals surface area (Å²) in [7, 11) is 0. The molecule has 2 aliphatic carbocycles. The first kappa shape index (κ1) is 32.3. The summed E-state index contributed by atoms with van der Waals surface area (Å²) in [5.41, 5.74) is -6.19. The Kier molecular flexibility index (Phi) is 8.82. The number of esters is 5. The number of rotatable bonds is 7. The van der Waals surface area contributed by atoms with Crippen molar-refractivity contribution in [1.82, 2.24) is 0 Å². The van der Waals surface area contributed by atoms with Crippen molar-refractivity contribution in [3.8, 4) is 0 Å². The Morgan fingerprint density at radius 1 is 1.07 bits per heavy atom. The van der Waals surface area contributed by atoms with Crippen molar-refractivity contribution in [2.75, 3.05) is 0 Å². The van der Waals surface area contributed by atoms with Crippen molar-refractivity contribution in [1.29, 1.82) is 0 Å². The van der Waals surface area contributed by atoms with Crippen LogP contribution >= 0.6 is 0 Å². The molecule has 1 saturated carbocycles. The zero-order valence-corrected chi connectivity index (χ0v) is 24.9. The lowest BCUT2D eigenvalue weighted by molar-refractivity contribution is -0.213. The van der Waals surface area contributed by atoms with Gasteiger partial charge in [0.25, 0.3) is 0 Å². The van der Waals surface area contributed by atoms with Crippen molar-refractivity contribution in [3.05, 3.63) is 22.8 Å². The maximum absolute atomic E-state index is 13.0. The second-order valence-electron chi connectivity index (χ2n) is 11.5. The highest BCUT2D eigenvalue weighted by atomic mass is 16.6. The van der Waals surface area contributed by atoms with Gasteiger partial charge in [-0.2, -0.15) is 0 Å². The van der Waals surface area contributed by atoms with Crippen LogP contribution in [0.25, 0.3) is 0 Å². The fourth-order valence-corrected chi connectivity index (χ4v) is 6.01. The predicted molar refractivity (Wildman–Crippen MR) is 141 cm³/mol. The predicted octanol–water partition coefficient (Wildman–Crippen LogP) is 1.83. The van der Waals surface area contributed by atoms with Gasteiger partial charge in [-0.25, -0.2) is 9.59 Å². The smallest absolute Gasteiger partial charge is 0.341 e. The summed E-state index contributed by atoms with van der Waals surface area (Å²) in [6.07, 6.45) is -4.28. The molecule has 12 nitrogen and oxygen atoms in total. The van der Waals surface area contributed by atoms with Crippen LogP contribution in [0.5, 0.6) is 0 Å². The minimum Gasteiger partial charge on any atom is -0.459 e. The maximum atomic E-state index is 13.0. The molecule has 0 spiro atoms. The fourth-order valence-electron chi connectivity index (χ4n) is 6.01. The van der Waals surface area contributed by atoms with Crippen LogP contribution in [0.15, 0.2) is 22.8 Å². The molecule has 3 rings (SSSR count). The van der Waals surface area contributed by atoms with Crippen LogP contribution in [0.4, 0.5) is 0 Å². The molecule has 0 aromatic carbocycles. The number of allylic oxidation sites excluding steroid dienone is 1. The summed E-state index contributed by atoms with van der Waals surface area (Å²) in [4.78, 5) is 63.7. The van der Waals surface area contributed by atoms with Gasteiger partial charge in [-0.3, -0.25) is 14.4 Å². The molecule has 12 heteroatoms. The van der Waals surface area contributed by atoms with Crippen LogP contribution < -0.4 is 0 Å². The lowest BCUT2D eigenvalue weighted by Gasteiger charge is -2.42. The van der Waals surface area contributed by atoms with Gasteiger partial charge in [0.05, 0.1) is 11.8 Å². The summed E-state index contributed by atoms with van der Waals surface area (Å²) in [5, 5.41) is 23.7. The highest BCUT2D eigenvalue weighted by Crippen LogP contribution is 2.57. The van der Waals surface area contributed by atoms with Crippen molar-refractivity contribution < 1.29 is 57.9 Å². The minimum atomic E-state index is -2.58. The van der Waals surface area contributed by atoms with Gasteiger partial charge in [0.2, 0.25) is 0 Å². The Labute approximate surface area is 239 Å². The Morgan fingerprint density at radius 3 is 2.20 bits per heavy atom. The largest absolute Gasteiger partial charge is 0.459 e. The molecule has 0 radical (unpaired) electrons. The average molecular weight is 581 g/mol. The zero-order valence-electron chi connectivity index (χ0n) is 24.9. The SMILES string of the molecule is C/C=C(/C)C(=O)O[C@H]1C(C)=C2[C@H]([C@H]1OC(C)=O)[C@@](C)(OC(C)=O)C[C@H](OC(=O)[C@@H](C)CC)[C@@]1(O)[C@H]2OC(=O)[C@@]1(C)O. The average Bonchev–Trinajstić information content (AvgIpc) is 3.20. The molecule has 2 fully saturated rings. The molecule has 0 aromatic rings. The Hall–Kier alpha value is -3.25. The molecule has 0 aromatic heterocycles. The van der Waals surface area contributed by atoms with E-state index >= 15 is 0 Å². The molecular weight excluding hydrogens is 540 g/mol. The Bertz CT molecular complexity index is 1200. The molecule has 1 saturated heterocycles. The normalized spacial score (nSPS) is 37.3. The number of ether oxygens (including phenoxy) is 5. The van der Waals surface area contributed by atoms with E-state index in [-0.39, 0.29) is 16.7 Å². The molecule has 0 bridgehead atoms. The van der Waals surface area contributed by atoms with Crippen LogP contribution in [0.2, 0.25) is 0 Å². The number of hydrogen-bond acceptors (Lipinski definition) is 12. The maximum Gasteiger partial charge on any atom is 0.341 e. The molecule has 41 heavy (non-hydrogen) atoms. The van der Waals surface area contributed by atoms with Crippen LogP contribution in [0.3, 0.4) is 0 Å². The van der Waals surface area contributed by atoms with Gasteiger partial charge in [-0.05, 0) is 52.2 Å². The molecule has 1 heterocycles. The number of fused-ring (bicyclic) bond motifs is 3. The van der Waals surface area contributed by atoms with Crippen molar-refractivity contribution in [2.45, 2.75) is 116 Å². The third kappa shape index (κ3) is 5.27. The Morgan fingerprint density at radius 2 is 1.68 bits per heavy atom. The number of carbonyl (C=O) groups is 5. The number of carbonyl (C=O) groups excluding carboxylic acids is 5. The van der Waals surface area contributed by atoms with Crippen LogP contribution in [0, 0.1) is 11.8 Å². The van der Waals surface area contributed by atoms with Gasteiger partial charge in [0.1, 0.15) is 11.7 Å². The topological polar surface area (TPSA) is 172 Å². The first-order valence-electron chi connectivity index (χ1n) is 13.6. The quantitative estimate of drug-likeness (QED) is 0.194. The highest BCUT2D eigenvalue weighted by molar-refractivity contribution is 5.88. The highest BCUT2D eigenvalue weighted by Gasteiger charge is 2.76. The summed E-state index contributed by atoms with van der Waals surface area (Å²) >= 11 is 0. The van der Waals surface area contributed by atoms with E-state index in [0.29, 0.717) is 6.42 Å².